The third kappa shape index (κ3) is 3.51. The van der Waals surface area contributed by atoms with E-state index in [1.807, 2.05) is 12.1 Å². The predicted octanol–water partition coefficient (Wildman–Crippen LogP) is 3.84. The molecule has 0 bridgehead atoms. The van der Waals surface area contributed by atoms with Gasteiger partial charge in [-0.15, -0.1) is 11.3 Å². The van der Waals surface area contributed by atoms with Crippen LogP contribution >= 0.6 is 11.3 Å². The average molecular weight is 341 g/mol. The smallest absolute Gasteiger partial charge is 0.158 e. The molecule has 0 spiro atoms. The van der Waals surface area contributed by atoms with Gasteiger partial charge < -0.3 is 4.74 Å². The third-order valence-electron chi connectivity index (χ3n) is 3.43. The number of fused-ring (bicyclic) bond motifs is 1. The molecule has 0 atom stereocenters. The van der Waals surface area contributed by atoms with Gasteiger partial charge in [-0.2, -0.15) is 5.10 Å². The number of aromatic nitrogens is 3. The van der Waals surface area contributed by atoms with Gasteiger partial charge in [0.2, 0.25) is 0 Å². The van der Waals surface area contributed by atoms with Gasteiger partial charge in [0.15, 0.2) is 5.82 Å². The Morgan fingerprint density at radius 1 is 1.21 bits per heavy atom. The molecule has 3 rings (SSSR count). The molecule has 3 aromatic heterocycles. The SMILES string of the molecule is COc1ccc(C=NNc2ncnc3sc(C(C)(C)C)cc23)nc1. The molecule has 0 saturated carbocycles. The number of thiophene rings is 1. The Hall–Kier alpha value is -2.54. The summed E-state index contributed by atoms with van der Waals surface area (Å²) in [6.45, 7) is 6.56. The van der Waals surface area contributed by atoms with Crippen molar-refractivity contribution in [3.63, 3.8) is 0 Å². The Balaban J connectivity index is 1.81. The molecule has 3 aromatic rings. The van der Waals surface area contributed by atoms with Gasteiger partial charge in [0.1, 0.15) is 16.9 Å². The van der Waals surface area contributed by atoms with Crippen molar-refractivity contribution in [2.75, 3.05) is 12.5 Å². The van der Waals surface area contributed by atoms with Gasteiger partial charge in [0.05, 0.1) is 30.6 Å². The average Bonchev–Trinajstić information content (AvgIpc) is 3.01. The second-order valence-corrected chi connectivity index (χ2v) is 7.33. The topological polar surface area (TPSA) is 72.3 Å². The number of hydrogen-bond acceptors (Lipinski definition) is 7. The van der Waals surface area contributed by atoms with Crippen LogP contribution in [-0.2, 0) is 5.41 Å². The van der Waals surface area contributed by atoms with Crippen LogP contribution in [0.5, 0.6) is 5.75 Å². The molecule has 7 heteroatoms. The Kier molecular flexibility index (Phi) is 4.44. The Labute approximate surface area is 144 Å². The van der Waals surface area contributed by atoms with Crippen LogP contribution in [0.15, 0.2) is 35.8 Å². The van der Waals surface area contributed by atoms with Gasteiger partial charge in [-0.25, -0.2) is 9.97 Å². The Morgan fingerprint density at radius 3 is 2.71 bits per heavy atom. The monoisotopic (exact) mass is 341 g/mol. The highest BCUT2D eigenvalue weighted by Gasteiger charge is 2.18. The fourth-order valence-corrected chi connectivity index (χ4v) is 3.12. The van der Waals surface area contributed by atoms with Crippen molar-refractivity contribution in [2.45, 2.75) is 26.2 Å². The van der Waals surface area contributed by atoms with Crippen LogP contribution in [0.3, 0.4) is 0 Å². The first kappa shape index (κ1) is 16.3. The van der Waals surface area contributed by atoms with Gasteiger partial charge in [0.25, 0.3) is 0 Å². The largest absolute Gasteiger partial charge is 0.495 e. The quantitative estimate of drug-likeness (QED) is 0.576. The summed E-state index contributed by atoms with van der Waals surface area (Å²) in [5.41, 5.74) is 3.80. The number of pyridine rings is 1. The summed E-state index contributed by atoms with van der Waals surface area (Å²) in [7, 11) is 1.61. The zero-order valence-corrected chi connectivity index (χ0v) is 14.9. The number of ether oxygens (including phenoxy) is 1. The number of nitrogens with zero attached hydrogens (tertiary/aromatic N) is 4. The van der Waals surface area contributed by atoms with Crippen molar-refractivity contribution in [3.05, 3.63) is 41.3 Å². The standard InChI is InChI=1S/C17H19N5OS/c1-17(2,3)14-7-13-15(19-10-20-16(13)24-14)22-21-8-11-5-6-12(23-4)9-18-11/h5-10H,1-4H3,(H,19,20,22). The number of hydrogen-bond donors (Lipinski definition) is 1. The van der Waals surface area contributed by atoms with Gasteiger partial charge in [-0.05, 0) is 23.6 Å². The number of hydrazone groups is 1. The molecule has 0 aliphatic rings. The summed E-state index contributed by atoms with van der Waals surface area (Å²) in [5, 5.41) is 5.20. The summed E-state index contributed by atoms with van der Waals surface area (Å²) in [6, 6.07) is 5.80. The molecule has 0 saturated heterocycles. The van der Waals surface area contributed by atoms with Crippen molar-refractivity contribution < 1.29 is 4.74 Å². The molecule has 124 valence electrons. The summed E-state index contributed by atoms with van der Waals surface area (Å²) in [4.78, 5) is 15.1. The van der Waals surface area contributed by atoms with Crippen LogP contribution in [0.4, 0.5) is 5.82 Å². The first-order valence-electron chi connectivity index (χ1n) is 7.51. The number of anilines is 1. The fourth-order valence-electron chi connectivity index (χ4n) is 2.06. The molecular weight excluding hydrogens is 322 g/mol. The maximum absolute atomic E-state index is 5.08. The van der Waals surface area contributed by atoms with E-state index in [4.69, 9.17) is 4.74 Å². The number of rotatable bonds is 4. The third-order valence-corrected chi connectivity index (χ3v) is 4.90. The van der Waals surface area contributed by atoms with E-state index in [0.29, 0.717) is 11.6 Å². The predicted molar refractivity (Wildman–Crippen MR) is 98.1 cm³/mol. The molecule has 3 heterocycles. The lowest BCUT2D eigenvalue weighted by Crippen LogP contribution is -2.07. The minimum atomic E-state index is 0.0823. The van der Waals surface area contributed by atoms with Gasteiger partial charge in [0, 0.05) is 4.88 Å². The summed E-state index contributed by atoms with van der Waals surface area (Å²) in [5.74, 6) is 1.40. The van der Waals surface area contributed by atoms with Crippen LogP contribution in [-0.4, -0.2) is 28.3 Å². The lowest BCUT2D eigenvalue weighted by atomic mass is 9.94. The first-order valence-corrected chi connectivity index (χ1v) is 8.33. The van der Waals surface area contributed by atoms with Crippen LogP contribution in [0.1, 0.15) is 31.3 Å². The fraction of sp³-hybridized carbons (Fsp3) is 0.294. The van der Waals surface area contributed by atoms with Crippen molar-refractivity contribution in [2.24, 2.45) is 5.10 Å². The van der Waals surface area contributed by atoms with Gasteiger partial charge in [-0.1, -0.05) is 20.8 Å². The van der Waals surface area contributed by atoms with Gasteiger partial charge in [-0.3, -0.25) is 10.4 Å². The van der Waals surface area contributed by atoms with Crippen molar-refractivity contribution in [1.29, 1.82) is 0 Å². The second kappa shape index (κ2) is 6.52. The first-order chi connectivity index (χ1) is 11.5. The van der Waals surface area contributed by atoms with E-state index in [1.54, 1.807) is 37.2 Å². The summed E-state index contributed by atoms with van der Waals surface area (Å²) < 4.78 is 5.08. The normalized spacial score (nSPS) is 12.0. The minimum absolute atomic E-state index is 0.0823. The Bertz CT molecular complexity index is 865. The second-order valence-electron chi connectivity index (χ2n) is 6.29. The van der Waals surface area contributed by atoms with Crippen molar-refractivity contribution >= 4 is 33.6 Å². The van der Waals surface area contributed by atoms with E-state index in [9.17, 15) is 0 Å². The highest BCUT2D eigenvalue weighted by molar-refractivity contribution is 7.18. The molecule has 0 aliphatic carbocycles. The molecule has 0 fully saturated rings. The molecule has 0 aromatic carbocycles. The van der Waals surface area contributed by atoms with E-state index in [0.717, 1.165) is 15.9 Å². The van der Waals surface area contributed by atoms with Crippen LogP contribution in [0, 0.1) is 0 Å². The van der Waals surface area contributed by atoms with Gasteiger partial charge >= 0.3 is 0 Å². The summed E-state index contributed by atoms with van der Waals surface area (Å²) >= 11 is 1.68. The maximum atomic E-state index is 5.08. The van der Waals surface area contributed by atoms with Crippen LogP contribution in [0.2, 0.25) is 0 Å². The summed E-state index contributed by atoms with van der Waals surface area (Å²) in [6.07, 6.45) is 4.85. The van der Waals surface area contributed by atoms with E-state index in [2.05, 4.69) is 52.3 Å². The van der Waals surface area contributed by atoms with E-state index < -0.39 is 0 Å². The highest BCUT2D eigenvalue weighted by Crippen LogP contribution is 2.35. The number of nitrogens with one attached hydrogen (secondary N) is 1. The minimum Gasteiger partial charge on any atom is -0.495 e. The zero-order chi connectivity index (χ0) is 17.2. The molecule has 0 aliphatic heterocycles. The highest BCUT2D eigenvalue weighted by atomic mass is 32.1. The molecule has 0 amide bonds. The van der Waals surface area contributed by atoms with Crippen molar-refractivity contribution in [3.8, 4) is 5.75 Å². The molecule has 0 unspecified atom stereocenters. The number of methoxy groups -OCH3 is 1. The van der Waals surface area contributed by atoms with E-state index >= 15 is 0 Å². The Morgan fingerprint density at radius 2 is 2.04 bits per heavy atom. The van der Waals surface area contributed by atoms with Crippen molar-refractivity contribution in [1.82, 2.24) is 15.0 Å². The van der Waals surface area contributed by atoms with E-state index in [1.165, 1.54) is 4.88 Å². The zero-order valence-electron chi connectivity index (χ0n) is 14.1. The molecule has 0 radical (unpaired) electrons. The van der Waals surface area contributed by atoms with Crippen LogP contribution in [0.25, 0.3) is 10.2 Å². The van der Waals surface area contributed by atoms with E-state index in [-0.39, 0.29) is 5.41 Å². The molecule has 24 heavy (non-hydrogen) atoms. The maximum Gasteiger partial charge on any atom is 0.158 e. The molecular formula is C17H19N5OS. The lowest BCUT2D eigenvalue weighted by Gasteiger charge is -2.14. The van der Waals surface area contributed by atoms with Crippen LogP contribution < -0.4 is 10.2 Å². The molecule has 1 N–H and O–H groups in total. The molecule has 6 nitrogen and oxygen atoms in total. The lowest BCUT2D eigenvalue weighted by molar-refractivity contribution is 0.413.